The van der Waals surface area contributed by atoms with Crippen LogP contribution in [0, 0.1) is 0 Å². The number of nitrogens with one attached hydrogen (secondary N) is 1. The van der Waals surface area contributed by atoms with E-state index in [1.165, 1.54) is 24.3 Å². The van der Waals surface area contributed by atoms with Gasteiger partial charge in [0.25, 0.3) is 0 Å². The average Bonchev–Trinajstić information content (AvgIpc) is 3.03. The number of ether oxygens (including phenoxy) is 2. The Morgan fingerprint density at radius 3 is 2.88 bits per heavy atom. The standard InChI is InChI=1S/C12H19N4O7P/c1-21-3-6-9(23-24(2,19)20)8(17)12(22-6)16-5-15-7-10(16)13-4-14-11(7)18/h4-6,8-9,12,17,19-20,24H,3H2,1-2H3,(H,13,14,18)/t6-,8?,9?,12-/m1/s1. The molecule has 4 atom stereocenters. The summed E-state index contributed by atoms with van der Waals surface area (Å²) in [6, 6.07) is 0. The molecule has 0 spiro atoms. The number of hydrogen-bond acceptors (Lipinski definition) is 9. The molecule has 4 N–H and O–H groups in total. The van der Waals surface area contributed by atoms with Crippen LogP contribution in [0.3, 0.4) is 0 Å². The summed E-state index contributed by atoms with van der Waals surface area (Å²) in [5.41, 5.74) is -0.0877. The Morgan fingerprint density at radius 2 is 2.21 bits per heavy atom. The number of H-pyrrole nitrogens is 1. The van der Waals surface area contributed by atoms with E-state index in [0.29, 0.717) is 0 Å². The number of fused-ring (bicyclic) bond motifs is 1. The number of aromatic amines is 1. The van der Waals surface area contributed by atoms with Gasteiger partial charge >= 0.3 is 135 Å². The minimum absolute atomic E-state index is 0.0728. The minimum atomic E-state index is -3.90. The number of aromatic nitrogens is 4. The van der Waals surface area contributed by atoms with Gasteiger partial charge in [-0.05, 0) is 0 Å². The predicted molar refractivity (Wildman–Crippen MR) is 83.5 cm³/mol. The average molecular weight is 362 g/mol. The van der Waals surface area contributed by atoms with Crippen LogP contribution in [0.1, 0.15) is 6.23 Å². The summed E-state index contributed by atoms with van der Waals surface area (Å²) < 4.78 is 17.4. The molecule has 0 aliphatic carbocycles. The molecule has 1 fully saturated rings. The summed E-state index contributed by atoms with van der Waals surface area (Å²) in [7, 11) is -2.46. The third-order valence-electron chi connectivity index (χ3n) is 3.64. The Hall–Kier alpha value is -1.46. The monoisotopic (exact) mass is 362 g/mol. The second kappa shape index (κ2) is 6.45. The fourth-order valence-corrected chi connectivity index (χ4v) is 3.51. The van der Waals surface area contributed by atoms with E-state index >= 15 is 0 Å². The zero-order chi connectivity index (χ0) is 17.5. The van der Waals surface area contributed by atoms with Crippen LogP contribution >= 0.6 is 7.94 Å². The van der Waals surface area contributed by atoms with Crippen molar-refractivity contribution in [2.24, 2.45) is 0 Å². The van der Waals surface area contributed by atoms with E-state index in [4.69, 9.17) is 14.0 Å². The van der Waals surface area contributed by atoms with Crippen LogP contribution in [0.4, 0.5) is 0 Å². The summed E-state index contributed by atoms with van der Waals surface area (Å²) in [6.45, 7) is 1.23. The first kappa shape index (κ1) is 17.4. The summed E-state index contributed by atoms with van der Waals surface area (Å²) in [4.78, 5) is 41.3. The zero-order valence-corrected chi connectivity index (χ0v) is 14.0. The number of methoxy groups -OCH3 is 1. The van der Waals surface area contributed by atoms with E-state index in [-0.39, 0.29) is 17.8 Å². The van der Waals surface area contributed by atoms with Gasteiger partial charge in [0.15, 0.2) is 0 Å². The van der Waals surface area contributed by atoms with Crippen molar-refractivity contribution in [1.82, 2.24) is 19.5 Å². The van der Waals surface area contributed by atoms with Crippen LogP contribution in [0.25, 0.3) is 11.2 Å². The topological polar surface area (TPSA) is 152 Å². The Bertz CT molecular complexity index is 773. The Kier molecular flexibility index (Phi) is 4.67. The molecule has 1 aliphatic heterocycles. The van der Waals surface area contributed by atoms with E-state index in [2.05, 4.69) is 15.0 Å². The first-order valence-electron chi connectivity index (χ1n) is 7.17. The molecule has 3 heterocycles. The normalized spacial score (nSPS) is 28.5. The van der Waals surface area contributed by atoms with Gasteiger partial charge in [-0.1, -0.05) is 0 Å². The van der Waals surface area contributed by atoms with Crippen molar-refractivity contribution in [2.45, 2.75) is 24.5 Å². The van der Waals surface area contributed by atoms with Crippen LogP contribution < -0.4 is 5.56 Å². The second-order valence-electron chi connectivity index (χ2n) is 5.58. The molecule has 2 aromatic rings. The number of imidazole rings is 1. The van der Waals surface area contributed by atoms with Crippen LogP contribution in [-0.2, 0) is 14.0 Å². The van der Waals surface area contributed by atoms with Crippen LogP contribution in [0.2, 0.25) is 0 Å². The second-order valence-corrected chi connectivity index (χ2v) is 7.69. The molecule has 3 rings (SSSR count). The third kappa shape index (κ3) is 3.20. The molecule has 1 saturated heterocycles. The molecular formula is C12H19N4O7P. The molecule has 0 radical (unpaired) electrons. The van der Waals surface area contributed by atoms with Gasteiger partial charge in [0, 0.05) is 0 Å². The SMILES string of the molecule is COC[C@H]1O[C@@H](n2cnc3c(=O)[nH]cnc32)C(O)C1O[PH](C)(O)O. The van der Waals surface area contributed by atoms with E-state index in [9.17, 15) is 19.7 Å². The predicted octanol–water partition coefficient (Wildman–Crippen LogP) is -1.48. The van der Waals surface area contributed by atoms with Crippen molar-refractivity contribution in [2.75, 3.05) is 20.4 Å². The number of aliphatic hydroxyl groups is 1. The van der Waals surface area contributed by atoms with E-state index in [1.807, 2.05) is 0 Å². The molecule has 2 aromatic heterocycles. The Labute approximate surface area is 136 Å². The first-order valence-corrected chi connectivity index (χ1v) is 9.47. The number of hydrogen-bond donors (Lipinski definition) is 4. The molecule has 1 aliphatic rings. The van der Waals surface area contributed by atoms with Gasteiger partial charge in [0.1, 0.15) is 0 Å². The molecule has 0 amide bonds. The van der Waals surface area contributed by atoms with Crippen molar-refractivity contribution in [3.05, 3.63) is 23.0 Å². The summed E-state index contributed by atoms with van der Waals surface area (Å²) in [5.74, 6) is 0. The van der Waals surface area contributed by atoms with Crippen molar-refractivity contribution in [3.63, 3.8) is 0 Å². The molecule has 11 nitrogen and oxygen atoms in total. The van der Waals surface area contributed by atoms with Crippen LogP contribution in [0.15, 0.2) is 17.4 Å². The van der Waals surface area contributed by atoms with Crippen molar-refractivity contribution in [3.8, 4) is 0 Å². The molecule has 2 unspecified atom stereocenters. The van der Waals surface area contributed by atoms with Crippen molar-refractivity contribution in [1.29, 1.82) is 0 Å². The number of nitrogens with zero attached hydrogens (tertiary/aromatic N) is 3. The van der Waals surface area contributed by atoms with E-state index in [1.54, 1.807) is 0 Å². The number of aliphatic hydroxyl groups excluding tert-OH is 1. The molecule has 0 bridgehead atoms. The van der Waals surface area contributed by atoms with Gasteiger partial charge in [-0.25, -0.2) is 0 Å². The summed E-state index contributed by atoms with van der Waals surface area (Å²) in [6.07, 6.45) is -1.42. The first-order chi connectivity index (χ1) is 11.3. The van der Waals surface area contributed by atoms with Gasteiger partial charge in [0.2, 0.25) is 0 Å². The quantitative estimate of drug-likeness (QED) is 0.467. The van der Waals surface area contributed by atoms with Gasteiger partial charge in [-0.15, -0.1) is 0 Å². The maximum absolute atomic E-state index is 11.7. The molecule has 24 heavy (non-hydrogen) atoms. The summed E-state index contributed by atoms with van der Waals surface area (Å²) >= 11 is 0. The van der Waals surface area contributed by atoms with E-state index < -0.39 is 38.0 Å². The molecular weight excluding hydrogens is 343 g/mol. The van der Waals surface area contributed by atoms with Gasteiger partial charge in [0.05, 0.1) is 0 Å². The van der Waals surface area contributed by atoms with E-state index in [0.717, 1.165) is 6.66 Å². The Balaban J connectivity index is 1.96. The van der Waals surface area contributed by atoms with Gasteiger partial charge < -0.3 is 0 Å². The van der Waals surface area contributed by atoms with Gasteiger partial charge in [-0.2, -0.15) is 0 Å². The van der Waals surface area contributed by atoms with Crippen molar-refractivity contribution >= 4 is 19.1 Å². The number of rotatable bonds is 5. The van der Waals surface area contributed by atoms with Crippen LogP contribution in [0.5, 0.6) is 0 Å². The maximum atomic E-state index is 11.7. The van der Waals surface area contributed by atoms with Crippen LogP contribution in [-0.4, -0.2) is 73.1 Å². The van der Waals surface area contributed by atoms with Crippen molar-refractivity contribution < 1.29 is 28.9 Å². The Morgan fingerprint density at radius 1 is 1.46 bits per heavy atom. The molecule has 0 aromatic carbocycles. The van der Waals surface area contributed by atoms with Gasteiger partial charge in [-0.3, -0.25) is 0 Å². The zero-order valence-electron chi connectivity index (χ0n) is 13.0. The molecule has 0 saturated carbocycles. The summed E-state index contributed by atoms with van der Waals surface area (Å²) in [5, 5.41) is 10.5. The third-order valence-corrected chi connectivity index (χ3v) is 4.36. The fourth-order valence-electron chi connectivity index (χ4n) is 2.70. The molecule has 12 heteroatoms. The fraction of sp³-hybridized carbons (Fsp3) is 0.583. The molecule has 134 valence electrons.